The molecular formula is C16H28N2O. The molecule has 0 radical (unpaired) electrons. The minimum Gasteiger partial charge on any atom is -0.388 e. The fourth-order valence-corrected chi connectivity index (χ4v) is 3.67. The van der Waals surface area contributed by atoms with Gasteiger partial charge in [-0.25, -0.2) is 0 Å². The fourth-order valence-electron chi connectivity index (χ4n) is 3.67. The maximum atomic E-state index is 10.2. The Morgan fingerprint density at radius 3 is 2.58 bits per heavy atom. The summed E-state index contributed by atoms with van der Waals surface area (Å²) in [5, 5.41) is 14.9. The highest BCUT2D eigenvalue weighted by molar-refractivity contribution is 5.27. The highest BCUT2D eigenvalue weighted by Gasteiger charge is 2.29. The van der Waals surface area contributed by atoms with Crippen molar-refractivity contribution in [1.29, 1.82) is 0 Å². The first kappa shape index (κ1) is 14.6. The Balaban J connectivity index is 2.34. The number of aliphatic hydroxyl groups excluding tert-OH is 1. The average Bonchev–Trinajstić information content (AvgIpc) is 2.73. The normalized spacial score (nSPS) is 25.5. The SMILES string of the molecule is CCC(O)c1c(C)nn(C2CCCCC2CC)c1C. The molecule has 0 bridgehead atoms. The third-order valence-corrected chi connectivity index (χ3v) is 4.81. The first-order chi connectivity index (χ1) is 9.10. The number of nitrogens with zero attached hydrogens (tertiary/aromatic N) is 2. The van der Waals surface area contributed by atoms with Gasteiger partial charge in [-0.3, -0.25) is 4.68 Å². The quantitative estimate of drug-likeness (QED) is 0.889. The van der Waals surface area contributed by atoms with Crippen LogP contribution in [0.5, 0.6) is 0 Å². The van der Waals surface area contributed by atoms with E-state index in [0.29, 0.717) is 6.04 Å². The zero-order valence-electron chi connectivity index (χ0n) is 12.8. The summed E-state index contributed by atoms with van der Waals surface area (Å²) in [7, 11) is 0. The molecule has 1 aliphatic rings. The molecule has 0 aromatic carbocycles. The molecule has 3 nitrogen and oxygen atoms in total. The lowest BCUT2D eigenvalue weighted by Crippen LogP contribution is -2.24. The maximum absolute atomic E-state index is 10.2. The number of aryl methyl sites for hydroxylation is 1. The summed E-state index contributed by atoms with van der Waals surface area (Å²) in [4.78, 5) is 0. The van der Waals surface area contributed by atoms with Crippen molar-refractivity contribution in [3.05, 3.63) is 17.0 Å². The molecule has 1 aromatic rings. The average molecular weight is 264 g/mol. The van der Waals surface area contributed by atoms with Crippen LogP contribution < -0.4 is 0 Å². The molecule has 1 aromatic heterocycles. The van der Waals surface area contributed by atoms with Crippen LogP contribution in [0.1, 0.15) is 81.5 Å². The summed E-state index contributed by atoms with van der Waals surface area (Å²) in [6.07, 6.45) is 6.86. The Morgan fingerprint density at radius 2 is 1.95 bits per heavy atom. The van der Waals surface area contributed by atoms with E-state index in [1.807, 2.05) is 13.8 Å². The largest absolute Gasteiger partial charge is 0.388 e. The standard InChI is InChI=1S/C16H28N2O/c1-5-13-9-7-8-10-14(13)18-12(4)16(11(3)17-18)15(19)6-2/h13-15,19H,5-10H2,1-4H3. The molecule has 3 heteroatoms. The molecule has 1 N–H and O–H groups in total. The Hall–Kier alpha value is -0.830. The molecule has 0 saturated heterocycles. The lowest BCUT2D eigenvalue weighted by atomic mass is 9.83. The van der Waals surface area contributed by atoms with Crippen molar-refractivity contribution >= 4 is 0 Å². The molecule has 1 aliphatic carbocycles. The van der Waals surface area contributed by atoms with Gasteiger partial charge >= 0.3 is 0 Å². The van der Waals surface area contributed by atoms with Gasteiger partial charge in [-0.05, 0) is 39.0 Å². The van der Waals surface area contributed by atoms with Crippen LogP contribution in [0, 0.1) is 19.8 Å². The van der Waals surface area contributed by atoms with Crippen LogP contribution in [-0.2, 0) is 0 Å². The van der Waals surface area contributed by atoms with Gasteiger partial charge in [-0.15, -0.1) is 0 Å². The Labute approximate surface area is 117 Å². The molecule has 19 heavy (non-hydrogen) atoms. The van der Waals surface area contributed by atoms with Crippen molar-refractivity contribution in [1.82, 2.24) is 9.78 Å². The third-order valence-electron chi connectivity index (χ3n) is 4.81. The number of aliphatic hydroxyl groups is 1. The first-order valence-corrected chi connectivity index (χ1v) is 7.83. The van der Waals surface area contributed by atoms with Crippen LogP contribution in [0.2, 0.25) is 0 Å². The van der Waals surface area contributed by atoms with E-state index in [0.717, 1.165) is 23.6 Å². The lowest BCUT2D eigenvalue weighted by Gasteiger charge is -2.32. The summed E-state index contributed by atoms with van der Waals surface area (Å²) in [6, 6.07) is 0.537. The summed E-state index contributed by atoms with van der Waals surface area (Å²) < 4.78 is 2.22. The van der Waals surface area contributed by atoms with Crippen molar-refractivity contribution in [3.63, 3.8) is 0 Å². The number of hydrogen-bond acceptors (Lipinski definition) is 2. The molecule has 1 fully saturated rings. The summed E-state index contributed by atoms with van der Waals surface area (Å²) in [6.45, 7) is 8.46. The van der Waals surface area contributed by atoms with Gasteiger partial charge in [0.15, 0.2) is 0 Å². The Kier molecular flexibility index (Phi) is 4.67. The molecule has 108 valence electrons. The van der Waals surface area contributed by atoms with E-state index in [1.165, 1.54) is 37.8 Å². The number of rotatable bonds is 4. The fraction of sp³-hybridized carbons (Fsp3) is 0.812. The Bertz CT molecular complexity index is 425. The topological polar surface area (TPSA) is 38.1 Å². The van der Waals surface area contributed by atoms with Gasteiger partial charge < -0.3 is 5.11 Å². The smallest absolute Gasteiger partial charge is 0.0823 e. The highest BCUT2D eigenvalue weighted by atomic mass is 16.3. The maximum Gasteiger partial charge on any atom is 0.0823 e. The van der Waals surface area contributed by atoms with Crippen molar-refractivity contribution in [2.75, 3.05) is 0 Å². The molecule has 1 saturated carbocycles. The van der Waals surface area contributed by atoms with Crippen LogP contribution in [0.25, 0.3) is 0 Å². The van der Waals surface area contributed by atoms with Crippen LogP contribution in [0.15, 0.2) is 0 Å². The predicted octanol–water partition coefficient (Wildman–Crippen LogP) is 4.08. The second kappa shape index (κ2) is 6.08. The molecule has 2 rings (SSSR count). The molecule has 3 unspecified atom stereocenters. The van der Waals surface area contributed by atoms with Crippen molar-refractivity contribution in [2.24, 2.45) is 5.92 Å². The minimum absolute atomic E-state index is 0.364. The molecule has 0 amide bonds. The van der Waals surface area contributed by atoms with E-state index >= 15 is 0 Å². The summed E-state index contributed by atoms with van der Waals surface area (Å²) in [5.41, 5.74) is 3.24. The van der Waals surface area contributed by atoms with Gasteiger partial charge in [0, 0.05) is 11.3 Å². The molecule has 0 aliphatic heterocycles. The van der Waals surface area contributed by atoms with E-state index in [1.54, 1.807) is 0 Å². The van der Waals surface area contributed by atoms with Crippen LogP contribution in [-0.4, -0.2) is 14.9 Å². The van der Waals surface area contributed by atoms with E-state index in [-0.39, 0.29) is 6.10 Å². The monoisotopic (exact) mass is 264 g/mol. The van der Waals surface area contributed by atoms with E-state index in [4.69, 9.17) is 5.10 Å². The molecule has 0 spiro atoms. The zero-order chi connectivity index (χ0) is 14.0. The van der Waals surface area contributed by atoms with E-state index < -0.39 is 0 Å². The lowest BCUT2D eigenvalue weighted by molar-refractivity contribution is 0.171. The second-order valence-electron chi connectivity index (χ2n) is 5.97. The second-order valence-corrected chi connectivity index (χ2v) is 5.97. The molecule has 1 heterocycles. The van der Waals surface area contributed by atoms with Crippen molar-refractivity contribution in [2.45, 2.75) is 78.4 Å². The van der Waals surface area contributed by atoms with Gasteiger partial charge in [0.2, 0.25) is 0 Å². The predicted molar refractivity (Wildman–Crippen MR) is 78.2 cm³/mol. The minimum atomic E-state index is -0.364. The van der Waals surface area contributed by atoms with Crippen LogP contribution >= 0.6 is 0 Å². The van der Waals surface area contributed by atoms with E-state index in [9.17, 15) is 5.11 Å². The summed E-state index contributed by atoms with van der Waals surface area (Å²) >= 11 is 0. The van der Waals surface area contributed by atoms with Crippen molar-refractivity contribution in [3.8, 4) is 0 Å². The van der Waals surface area contributed by atoms with Gasteiger partial charge in [-0.1, -0.05) is 33.1 Å². The van der Waals surface area contributed by atoms with Gasteiger partial charge in [-0.2, -0.15) is 5.10 Å². The molecule has 3 atom stereocenters. The zero-order valence-corrected chi connectivity index (χ0v) is 12.8. The molecular weight excluding hydrogens is 236 g/mol. The number of hydrogen-bond donors (Lipinski definition) is 1. The van der Waals surface area contributed by atoms with Gasteiger partial charge in [0.1, 0.15) is 0 Å². The van der Waals surface area contributed by atoms with Gasteiger partial charge in [0.05, 0.1) is 17.8 Å². The van der Waals surface area contributed by atoms with Crippen molar-refractivity contribution < 1.29 is 5.11 Å². The summed E-state index contributed by atoms with van der Waals surface area (Å²) in [5.74, 6) is 0.748. The number of aromatic nitrogens is 2. The Morgan fingerprint density at radius 1 is 1.26 bits per heavy atom. The third kappa shape index (κ3) is 2.71. The highest BCUT2D eigenvalue weighted by Crippen LogP contribution is 2.38. The van der Waals surface area contributed by atoms with Gasteiger partial charge in [0.25, 0.3) is 0 Å². The van der Waals surface area contributed by atoms with Crippen LogP contribution in [0.3, 0.4) is 0 Å². The first-order valence-electron chi connectivity index (χ1n) is 7.83. The van der Waals surface area contributed by atoms with E-state index in [2.05, 4.69) is 18.5 Å². The van der Waals surface area contributed by atoms with Crippen LogP contribution in [0.4, 0.5) is 0 Å².